The van der Waals surface area contributed by atoms with Crippen molar-refractivity contribution in [3.8, 4) is 0 Å². The summed E-state index contributed by atoms with van der Waals surface area (Å²) in [5.74, 6) is -0.00433. The van der Waals surface area contributed by atoms with E-state index in [1.54, 1.807) is 0 Å². The monoisotopic (exact) mass is 248 g/mol. The lowest BCUT2D eigenvalue weighted by Gasteiger charge is -2.19. The van der Waals surface area contributed by atoms with Gasteiger partial charge in [-0.05, 0) is 25.8 Å². The summed E-state index contributed by atoms with van der Waals surface area (Å²) in [4.78, 5) is 12.0. The Kier molecular flexibility index (Phi) is 5.86. The van der Waals surface area contributed by atoms with Crippen molar-refractivity contribution in [3.05, 3.63) is 35.4 Å². The van der Waals surface area contributed by atoms with Crippen molar-refractivity contribution >= 4 is 5.91 Å². The third-order valence-corrected chi connectivity index (χ3v) is 3.23. The van der Waals surface area contributed by atoms with Gasteiger partial charge < -0.3 is 11.1 Å². The Balaban J connectivity index is 2.60. The highest BCUT2D eigenvalue weighted by Crippen LogP contribution is 2.14. The number of carbonyl (C=O) groups is 1. The molecule has 3 N–H and O–H groups in total. The summed E-state index contributed by atoms with van der Waals surface area (Å²) in [6.45, 7) is 6.54. The van der Waals surface area contributed by atoms with Gasteiger partial charge in [-0.3, -0.25) is 4.79 Å². The van der Waals surface area contributed by atoms with Crippen molar-refractivity contribution in [2.75, 3.05) is 6.54 Å². The topological polar surface area (TPSA) is 55.1 Å². The van der Waals surface area contributed by atoms with Crippen molar-refractivity contribution in [2.24, 2.45) is 11.7 Å². The molecule has 0 radical (unpaired) electrons. The summed E-state index contributed by atoms with van der Waals surface area (Å²) in [6, 6.07) is 8.26. The molecule has 1 rings (SSSR count). The van der Waals surface area contributed by atoms with Crippen LogP contribution in [0.1, 0.15) is 43.9 Å². The van der Waals surface area contributed by atoms with E-state index < -0.39 is 0 Å². The van der Waals surface area contributed by atoms with Gasteiger partial charge in [0.1, 0.15) is 0 Å². The third-order valence-electron chi connectivity index (χ3n) is 3.23. The summed E-state index contributed by atoms with van der Waals surface area (Å²) < 4.78 is 0. The lowest BCUT2D eigenvalue weighted by Crippen LogP contribution is -2.36. The second-order valence-corrected chi connectivity index (χ2v) is 4.86. The van der Waals surface area contributed by atoms with Gasteiger partial charge in [0.25, 0.3) is 0 Å². The summed E-state index contributed by atoms with van der Waals surface area (Å²) in [5, 5.41) is 3.03. The second-order valence-electron chi connectivity index (χ2n) is 4.86. The molecule has 1 aromatic rings. The lowest BCUT2D eigenvalue weighted by atomic mass is 10.0. The number of hydrogen-bond donors (Lipinski definition) is 2. The van der Waals surface area contributed by atoms with Crippen LogP contribution < -0.4 is 11.1 Å². The van der Waals surface area contributed by atoms with Crippen LogP contribution in [0, 0.1) is 12.8 Å². The van der Waals surface area contributed by atoms with Crippen LogP contribution in [-0.4, -0.2) is 12.5 Å². The molecule has 0 aliphatic rings. The quantitative estimate of drug-likeness (QED) is 0.813. The smallest absolute Gasteiger partial charge is 0.224 e. The Labute approximate surface area is 110 Å². The molecule has 0 aromatic heterocycles. The molecule has 1 aromatic carbocycles. The fourth-order valence-corrected chi connectivity index (χ4v) is 1.97. The fraction of sp³-hybridized carbons (Fsp3) is 0.533. The average molecular weight is 248 g/mol. The number of benzene rings is 1. The van der Waals surface area contributed by atoms with Crippen molar-refractivity contribution in [1.82, 2.24) is 5.32 Å². The van der Waals surface area contributed by atoms with Crippen molar-refractivity contribution in [3.63, 3.8) is 0 Å². The van der Waals surface area contributed by atoms with Gasteiger partial charge in [-0.25, -0.2) is 0 Å². The Morgan fingerprint density at radius 1 is 1.33 bits per heavy atom. The normalized spacial score (nSPS) is 14.0. The number of aryl methyl sites for hydroxylation is 1. The molecule has 0 heterocycles. The number of nitrogens with one attached hydrogen (secondary N) is 1. The molecule has 1 amide bonds. The lowest BCUT2D eigenvalue weighted by molar-refractivity contribution is -0.125. The predicted molar refractivity (Wildman–Crippen MR) is 75.2 cm³/mol. The van der Waals surface area contributed by atoms with E-state index in [-0.39, 0.29) is 17.9 Å². The number of carbonyl (C=O) groups excluding carboxylic acids is 1. The minimum atomic E-state index is -0.0668. The molecule has 0 fully saturated rings. The Bertz CT molecular complexity index is 373. The maximum absolute atomic E-state index is 12.0. The van der Waals surface area contributed by atoms with Gasteiger partial charge in [0.15, 0.2) is 0 Å². The number of nitrogens with two attached hydrogens (primary N) is 1. The molecular formula is C15H24N2O. The van der Waals surface area contributed by atoms with Gasteiger partial charge in [0.2, 0.25) is 5.91 Å². The highest BCUT2D eigenvalue weighted by Gasteiger charge is 2.18. The Hall–Kier alpha value is -1.35. The van der Waals surface area contributed by atoms with Gasteiger partial charge >= 0.3 is 0 Å². The standard InChI is InChI=1S/C15H24N2O/c1-4-5-14(10-16)15(18)17-12(3)13-8-6-11(2)7-9-13/h6-9,12,14H,4-5,10,16H2,1-3H3,(H,17,18)/t12-,14?/m0/s1. The molecule has 100 valence electrons. The second kappa shape index (κ2) is 7.17. The van der Waals surface area contributed by atoms with Crippen LogP contribution in [-0.2, 0) is 4.79 Å². The molecule has 0 bridgehead atoms. The molecular weight excluding hydrogens is 224 g/mol. The minimum Gasteiger partial charge on any atom is -0.349 e. The summed E-state index contributed by atoms with van der Waals surface area (Å²) in [7, 11) is 0. The van der Waals surface area contributed by atoms with Crippen molar-refractivity contribution < 1.29 is 4.79 Å². The molecule has 3 nitrogen and oxygen atoms in total. The maximum atomic E-state index is 12.0. The van der Waals surface area contributed by atoms with E-state index in [9.17, 15) is 4.79 Å². The molecule has 3 heteroatoms. The number of hydrogen-bond acceptors (Lipinski definition) is 2. The van der Waals surface area contributed by atoms with E-state index in [0.29, 0.717) is 6.54 Å². The molecule has 0 spiro atoms. The van der Waals surface area contributed by atoms with Gasteiger partial charge in [0, 0.05) is 6.54 Å². The van der Waals surface area contributed by atoms with Gasteiger partial charge in [0.05, 0.1) is 12.0 Å². The van der Waals surface area contributed by atoms with E-state index in [1.807, 2.05) is 6.92 Å². The number of rotatable bonds is 6. The molecule has 0 aliphatic carbocycles. The molecule has 2 atom stereocenters. The molecule has 18 heavy (non-hydrogen) atoms. The SMILES string of the molecule is CCCC(CN)C(=O)N[C@@H](C)c1ccc(C)cc1. The molecule has 0 saturated carbocycles. The van der Waals surface area contributed by atoms with Crippen LogP contribution in [0.2, 0.25) is 0 Å². The van der Waals surface area contributed by atoms with Crippen molar-refractivity contribution in [2.45, 2.75) is 39.7 Å². The Morgan fingerprint density at radius 2 is 1.94 bits per heavy atom. The highest BCUT2D eigenvalue weighted by atomic mass is 16.1. The summed E-state index contributed by atoms with van der Waals surface area (Å²) in [5.41, 5.74) is 7.98. The summed E-state index contributed by atoms with van der Waals surface area (Å²) in [6.07, 6.45) is 1.83. The van der Waals surface area contributed by atoms with Crippen LogP contribution in [0.3, 0.4) is 0 Å². The first-order valence-corrected chi connectivity index (χ1v) is 6.65. The highest BCUT2D eigenvalue weighted by molar-refractivity contribution is 5.79. The van der Waals surface area contributed by atoms with Crippen LogP contribution in [0.5, 0.6) is 0 Å². The maximum Gasteiger partial charge on any atom is 0.224 e. The zero-order valence-corrected chi connectivity index (χ0v) is 11.6. The minimum absolute atomic E-state index is 0.0315. The van der Waals surface area contributed by atoms with Crippen LogP contribution in [0.25, 0.3) is 0 Å². The Morgan fingerprint density at radius 3 is 2.44 bits per heavy atom. The molecule has 1 unspecified atom stereocenters. The molecule has 0 saturated heterocycles. The fourth-order valence-electron chi connectivity index (χ4n) is 1.97. The van der Waals surface area contributed by atoms with E-state index in [1.165, 1.54) is 5.56 Å². The van der Waals surface area contributed by atoms with E-state index in [4.69, 9.17) is 5.73 Å². The molecule has 0 aliphatic heterocycles. The van der Waals surface area contributed by atoms with Gasteiger partial charge in [-0.1, -0.05) is 43.2 Å². The average Bonchev–Trinajstić information content (AvgIpc) is 2.36. The third kappa shape index (κ3) is 4.15. The van der Waals surface area contributed by atoms with Crippen LogP contribution >= 0.6 is 0 Å². The van der Waals surface area contributed by atoms with Gasteiger partial charge in [-0.2, -0.15) is 0 Å². The number of amides is 1. The summed E-state index contributed by atoms with van der Waals surface area (Å²) >= 11 is 0. The van der Waals surface area contributed by atoms with E-state index >= 15 is 0 Å². The van der Waals surface area contributed by atoms with Crippen LogP contribution in [0.15, 0.2) is 24.3 Å². The zero-order chi connectivity index (χ0) is 13.5. The first-order valence-electron chi connectivity index (χ1n) is 6.65. The van der Waals surface area contributed by atoms with E-state index in [2.05, 4.69) is 43.4 Å². The predicted octanol–water partition coefficient (Wildman–Crippen LogP) is 2.55. The first-order chi connectivity index (χ1) is 8.58. The van der Waals surface area contributed by atoms with E-state index in [0.717, 1.165) is 18.4 Å². The zero-order valence-electron chi connectivity index (χ0n) is 11.6. The van der Waals surface area contributed by atoms with Crippen LogP contribution in [0.4, 0.5) is 0 Å². The largest absolute Gasteiger partial charge is 0.349 e. The first kappa shape index (κ1) is 14.7. The van der Waals surface area contributed by atoms with Crippen molar-refractivity contribution in [1.29, 1.82) is 0 Å². The van der Waals surface area contributed by atoms with Gasteiger partial charge in [-0.15, -0.1) is 0 Å².